The van der Waals surface area contributed by atoms with Crippen LogP contribution in [0, 0.1) is 12.7 Å². The van der Waals surface area contributed by atoms with Crippen LogP contribution in [0.2, 0.25) is 0 Å². The average molecular weight is 465 g/mol. The van der Waals surface area contributed by atoms with Crippen LogP contribution in [0.15, 0.2) is 53.3 Å². The number of esters is 1. The summed E-state index contributed by atoms with van der Waals surface area (Å²) < 4.78 is 19.8. The number of carbonyl (C=O) groups is 1. The molecule has 0 saturated heterocycles. The molecule has 9 nitrogen and oxygen atoms in total. The third kappa shape index (κ3) is 5.70. The van der Waals surface area contributed by atoms with Gasteiger partial charge in [0, 0.05) is 24.2 Å². The summed E-state index contributed by atoms with van der Waals surface area (Å²) in [5.41, 5.74) is 3.10. The molecule has 34 heavy (non-hydrogen) atoms. The van der Waals surface area contributed by atoms with Crippen molar-refractivity contribution >= 4 is 16.9 Å². The number of nitrogens with zero attached hydrogens (tertiary/aromatic N) is 5. The Morgan fingerprint density at radius 3 is 2.68 bits per heavy atom. The Morgan fingerprint density at radius 1 is 1.12 bits per heavy atom. The lowest BCUT2D eigenvalue weighted by molar-refractivity contribution is -0.144. The zero-order valence-electron chi connectivity index (χ0n) is 19.0. The molecule has 2 aromatic carbocycles. The maximum absolute atomic E-state index is 13.4. The highest BCUT2D eigenvalue weighted by atomic mass is 19.1. The third-order valence-electron chi connectivity index (χ3n) is 5.35. The van der Waals surface area contributed by atoms with E-state index in [2.05, 4.69) is 20.5 Å². The first kappa shape index (κ1) is 23.2. The molecule has 0 aliphatic heterocycles. The van der Waals surface area contributed by atoms with E-state index in [1.807, 2.05) is 36.1 Å². The van der Waals surface area contributed by atoms with Gasteiger partial charge in [-0.25, -0.2) is 9.07 Å². The quantitative estimate of drug-likeness (QED) is 0.380. The topological polar surface area (TPSA) is 106 Å². The molecule has 0 atom stereocenters. The van der Waals surface area contributed by atoms with Crippen molar-refractivity contribution in [3.8, 4) is 0 Å². The Balaban J connectivity index is 1.63. The van der Waals surface area contributed by atoms with Crippen LogP contribution >= 0.6 is 0 Å². The van der Waals surface area contributed by atoms with E-state index in [0.29, 0.717) is 24.5 Å². The van der Waals surface area contributed by atoms with Gasteiger partial charge in [-0.1, -0.05) is 23.8 Å². The van der Waals surface area contributed by atoms with Gasteiger partial charge in [0.1, 0.15) is 12.4 Å². The minimum Gasteiger partial charge on any atom is -0.465 e. The average Bonchev–Trinajstić information content (AvgIpc) is 3.22. The van der Waals surface area contributed by atoms with Crippen molar-refractivity contribution < 1.29 is 13.9 Å². The lowest BCUT2D eigenvalue weighted by atomic mass is 10.1. The molecule has 0 unspecified atom stereocenters. The number of halogens is 1. The summed E-state index contributed by atoms with van der Waals surface area (Å²) in [7, 11) is 0. The number of hydrogen-bond acceptors (Lipinski definition) is 7. The van der Waals surface area contributed by atoms with Gasteiger partial charge >= 0.3 is 5.97 Å². The largest absolute Gasteiger partial charge is 0.465 e. The van der Waals surface area contributed by atoms with Gasteiger partial charge in [0.05, 0.1) is 13.2 Å². The van der Waals surface area contributed by atoms with Crippen LogP contribution < -0.4 is 5.56 Å². The molecule has 0 amide bonds. The first-order chi connectivity index (χ1) is 16.4. The fourth-order valence-electron chi connectivity index (χ4n) is 3.73. The first-order valence-electron chi connectivity index (χ1n) is 10.9. The standard InChI is InChI=1S/C24H25FN6O3/c1-3-34-23(32)15-31-22(27-28-29-31)14-30(12-17-5-7-20(25)8-6-17)13-19-11-18-10-16(2)4-9-21(18)26-24(19)33/h4-11H,3,12-15H2,1-2H3,(H,26,33). The molecule has 4 aromatic rings. The summed E-state index contributed by atoms with van der Waals surface area (Å²) >= 11 is 0. The smallest absolute Gasteiger partial charge is 0.327 e. The van der Waals surface area contributed by atoms with E-state index in [-0.39, 0.29) is 31.1 Å². The molecule has 0 bridgehead atoms. The van der Waals surface area contributed by atoms with E-state index in [1.165, 1.54) is 16.8 Å². The molecule has 0 radical (unpaired) electrons. The van der Waals surface area contributed by atoms with Gasteiger partial charge in [-0.15, -0.1) is 5.10 Å². The third-order valence-corrected chi connectivity index (χ3v) is 5.35. The van der Waals surface area contributed by atoms with Crippen molar-refractivity contribution in [2.45, 2.75) is 40.0 Å². The first-order valence-corrected chi connectivity index (χ1v) is 10.9. The van der Waals surface area contributed by atoms with Crippen LogP contribution in [-0.4, -0.2) is 42.7 Å². The highest BCUT2D eigenvalue weighted by molar-refractivity contribution is 5.79. The molecule has 10 heteroatoms. The van der Waals surface area contributed by atoms with Crippen LogP contribution in [-0.2, 0) is 35.7 Å². The van der Waals surface area contributed by atoms with Crippen molar-refractivity contribution in [1.29, 1.82) is 0 Å². The summed E-state index contributed by atoms with van der Waals surface area (Å²) in [4.78, 5) is 29.6. The summed E-state index contributed by atoms with van der Waals surface area (Å²) in [5, 5.41) is 12.6. The molecule has 1 N–H and O–H groups in total. The Kier molecular flexibility index (Phi) is 7.07. The van der Waals surface area contributed by atoms with Gasteiger partial charge < -0.3 is 9.72 Å². The van der Waals surface area contributed by atoms with Crippen LogP contribution in [0.4, 0.5) is 4.39 Å². The second kappa shape index (κ2) is 10.3. The Hall–Kier alpha value is -3.92. The number of nitrogens with one attached hydrogen (secondary N) is 1. The molecule has 0 spiro atoms. The number of fused-ring (bicyclic) bond motifs is 1. The number of pyridine rings is 1. The number of H-pyrrole nitrogens is 1. The second-order valence-electron chi connectivity index (χ2n) is 8.04. The van der Waals surface area contributed by atoms with E-state index < -0.39 is 5.97 Å². The fraction of sp³-hybridized carbons (Fsp3) is 0.292. The van der Waals surface area contributed by atoms with Gasteiger partial charge in [-0.05, 0) is 65.6 Å². The lowest BCUT2D eigenvalue weighted by Crippen LogP contribution is -2.28. The van der Waals surface area contributed by atoms with Crippen molar-refractivity contribution in [3.63, 3.8) is 0 Å². The van der Waals surface area contributed by atoms with Gasteiger partial charge in [0.2, 0.25) is 0 Å². The molecule has 0 fully saturated rings. The van der Waals surface area contributed by atoms with Crippen LogP contribution in [0.25, 0.3) is 10.9 Å². The van der Waals surface area contributed by atoms with E-state index in [9.17, 15) is 14.0 Å². The van der Waals surface area contributed by atoms with Crippen molar-refractivity contribution in [2.75, 3.05) is 6.61 Å². The summed E-state index contributed by atoms with van der Waals surface area (Å²) in [6, 6.07) is 13.9. The molecule has 2 heterocycles. The monoisotopic (exact) mass is 464 g/mol. The highest BCUT2D eigenvalue weighted by Crippen LogP contribution is 2.17. The van der Waals surface area contributed by atoms with Crippen LogP contribution in [0.3, 0.4) is 0 Å². The van der Waals surface area contributed by atoms with Gasteiger partial charge in [0.15, 0.2) is 5.82 Å². The highest BCUT2D eigenvalue weighted by Gasteiger charge is 2.17. The molecule has 4 rings (SSSR count). The predicted octanol–water partition coefficient (Wildman–Crippen LogP) is 2.73. The zero-order chi connectivity index (χ0) is 24.1. The number of benzene rings is 2. The molecule has 0 saturated carbocycles. The summed E-state index contributed by atoms with van der Waals surface area (Å²) in [5.74, 6) is -0.319. The number of ether oxygens (including phenoxy) is 1. The number of carbonyl (C=O) groups excluding carboxylic acids is 1. The van der Waals surface area contributed by atoms with Crippen molar-refractivity contribution in [1.82, 2.24) is 30.1 Å². The fourth-order valence-corrected chi connectivity index (χ4v) is 3.73. The molecule has 176 valence electrons. The van der Waals surface area contributed by atoms with Gasteiger partial charge in [-0.3, -0.25) is 14.5 Å². The Bertz CT molecular complexity index is 1350. The number of tetrazole rings is 1. The van der Waals surface area contributed by atoms with Crippen LogP contribution in [0.1, 0.15) is 29.4 Å². The maximum Gasteiger partial charge on any atom is 0.327 e. The summed E-state index contributed by atoms with van der Waals surface area (Å²) in [6.45, 7) is 4.84. The Morgan fingerprint density at radius 2 is 1.91 bits per heavy atom. The van der Waals surface area contributed by atoms with Crippen molar-refractivity contribution in [2.24, 2.45) is 0 Å². The molecule has 0 aliphatic rings. The van der Waals surface area contributed by atoms with Gasteiger partial charge in [0.25, 0.3) is 5.56 Å². The Labute approximate surface area is 195 Å². The SMILES string of the molecule is CCOC(=O)Cn1nnnc1CN(Cc1ccc(F)cc1)Cc1cc2cc(C)ccc2[nH]c1=O. The lowest BCUT2D eigenvalue weighted by Gasteiger charge is -2.22. The second-order valence-corrected chi connectivity index (χ2v) is 8.04. The number of aromatic nitrogens is 5. The number of hydrogen-bond donors (Lipinski definition) is 1. The van der Waals surface area contributed by atoms with E-state index >= 15 is 0 Å². The van der Waals surface area contributed by atoms with E-state index in [1.54, 1.807) is 19.1 Å². The van der Waals surface area contributed by atoms with Crippen LogP contribution in [0.5, 0.6) is 0 Å². The number of rotatable bonds is 9. The van der Waals surface area contributed by atoms with Crippen molar-refractivity contribution in [3.05, 3.63) is 87.2 Å². The molecular formula is C24H25FN6O3. The predicted molar refractivity (Wildman–Crippen MR) is 123 cm³/mol. The molecule has 2 aromatic heterocycles. The minimum atomic E-state index is -0.442. The molecule has 0 aliphatic carbocycles. The number of aryl methyl sites for hydroxylation is 1. The van der Waals surface area contributed by atoms with E-state index in [4.69, 9.17) is 4.74 Å². The zero-order valence-corrected chi connectivity index (χ0v) is 19.0. The minimum absolute atomic E-state index is 0.115. The molecular weight excluding hydrogens is 439 g/mol. The number of aromatic amines is 1. The maximum atomic E-state index is 13.4. The van der Waals surface area contributed by atoms with Gasteiger partial charge in [-0.2, -0.15) is 0 Å². The van der Waals surface area contributed by atoms with E-state index in [0.717, 1.165) is 22.0 Å². The normalized spacial score (nSPS) is 11.3. The summed E-state index contributed by atoms with van der Waals surface area (Å²) in [6.07, 6.45) is 0.